The normalized spacial score (nSPS) is 10.6. The molecule has 4 heteroatoms. The lowest BCUT2D eigenvalue weighted by atomic mass is 10.1. The number of fused-ring (bicyclic) bond motifs is 1. The molecule has 0 saturated carbocycles. The average Bonchev–Trinajstić information content (AvgIpc) is 2.55. The number of nitrogens with zero attached hydrogens (tertiary/aromatic N) is 1. The first-order valence-corrected chi connectivity index (χ1v) is 4.58. The summed E-state index contributed by atoms with van der Waals surface area (Å²) in [5, 5.41) is 0. The Balaban J connectivity index is 2.80. The van der Waals surface area contributed by atoms with Crippen LogP contribution in [0.15, 0.2) is 16.5 Å². The fourth-order valence-electron chi connectivity index (χ4n) is 1.56. The Labute approximate surface area is 86.9 Å². The maximum absolute atomic E-state index is 11.3. The number of ketones is 1. The van der Waals surface area contributed by atoms with Crippen molar-refractivity contribution in [2.45, 2.75) is 13.8 Å². The van der Waals surface area contributed by atoms with E-state index >= 15 is 0 Å². The summed E-state index contributed by atoms with van der Waals surface area (Å²) in [4.78, 5) is 15.5. The van der Waals surface area contributed by atoms with Gasteiger partial charge >= 0.3 is 0 Å². The fourth-order valence-corrected chi connectivity index (χ4v) is 1.56. The molecule has 2 aromatic rings. The van der Waals surface area contributed by atoms with Crippen molar-refractivity contribution in [2.24, 2.45) is 0 Å². The number of hydrogen-bond donors (Lipinski definition) is 0. The Morgan fingerprint density at radius 1 is 1.47 bits per heavy atom. The SMILES string of the molecule is COc1c(C(C)=O)ccc2oc(C)nc12. The predicted molar refractivity (Wildman–Crippen MR) is 55.3 cm³/mol. The van der Waals surface area contributed by atoms with Gasteiger partial charge in [-0.2, -0.15) is 0 Å². The van der Waals surface area contributed by atoms with Crippen LogP contribution < -0.4 is 4.74 Å². The van der Waals surface area contributed by atoms with Crippen LogP contribution in [-0.4, -0.2) is 17.9 Å². The summed E-state index contributed by atoms with van der Waals surface area (Å²) in [7, 11) is 1.52. The number of methoxy groups -OCH3 is 1. The van der Waals surface area contributed by atoms with Crippen LogP contribution in [0.4, 0.5) is 0 Å². The number of hydrogen-bond acceptors (Lipinski definition) is 4. The lowest BCUT2D eigenvalue weighted by Crippen LogP contribution is -1.97. The largest absolute Gasteiger partial charge is 0.494 e. The third kappa shape index (κ3) is 1.48. The van der Waals surface area contributed by atoms with E-state index < -0.39 is 0 Å². The number of aromatic nitrogens is 1. The van der Waals surface area contributed by atoms with Crippen LogP contribution in [-0.2, 0) is 0 Å². The second-order valence-corrected chi connectivity index (χ2v) is 3.28. The zero-order valence-corrected chi connectivity index (χ0v) is 8.83. The molecule has 0 N–H and O–H groups in total. The van der Waals surface area contributed by atoms with Crippen molar-refractivity contribution in [3.63, 3.8) is 0 Å². The summed E-state index contributed by atoms with van der Waals surface area (Å²) >= 11 is 0. The minimum atomic E-state index is -0.0468. The monoisotopic (exact) mass is 205 g/mol. The van der Waals surface area contributed by atoms with E-state index in [0.717, 1.165) is 0 Å². The molecule has 0 radical (unpaired) electrons. The quantitative estimate of drug-likeness (QED) is 0.706. The molecule has 0 aliphatic carbocycles. The number of carbonyl (C=O) groups is 1. The molecule has 15 heavy (non-hydrogen) atoms. The lowest BCUT2D eigenvalue weighted by Gasteiger charge is -2.04. The van der Waals surface area contributed by atoms with Crippen molar-refractivity contribution in [1.29, 1.82) is 0 Å². The molecular weight excluding hydrogens is 194 g/mol. The second kappa shape index (κ2) is 3.38. The Morgan fingerprint density at radius 2 is 2.20 bits per heavy atom. The molecule has 1 heterocycles. The first-order valence-electron chi connectivity index (χ1n) is 4.58. The van der Waals surface area contributed by atoms with Gasteiger partial charge in [-0.15, -0.1) is 0 Å². The standard InChI is InChI=1S/C11H11NO3/c1-6(13)8-4-5-9-10(11(8)14-3)12-7(2)15-9/h4-5H,1-3H3. The number of rotatable bonds is 2. The molecule has 0 aliphatic rings. The maximum atomic E-state index is 11.3. The van der Waals surface area contributed by atoms with Crippen LogP contribution in [0.2, 0.25) is 0 Å². The zero-order valence-electron chi connectivity index (χ0n) is 8.83. The summed E-state index contributed by atoms with van der Waals surface area (Å²) in [5.41, 5.74) is 1.76. The molecule has 1 aromatic carbocycles. The highest BCUT2D eigenvalue weighted by Gasteiger charge is 2.15. The van der Waals surface area contributed by atoms with Gasteiger partial charge in [-0.25, -0.2) is 4.98 Å². The van der Waals surface area contributed by atoms with E-state index in [9.17, 15) is 4.79 Å². The Kier molecular flexibility index (Phi) is 2.19. The lowest BCUT2D eigenvalue weighted by molar-refractivity contribution is 0.101. The van der Waals surface area contributed by atoms with Crippen LogP contribution in [0.1, 0.15) is 23.2 Å². The molecule has 4 nitrogen and oxygen atoms in total. The van der Waals surface area contributed by atoms with Gasteiger partial charge in [0.2, 0.25) is 0 Å². The molecule has 0 atom stereocenters. The predicted octanol–water partition coefficient (Wildman–Crippen LogP) is 2.35. The van der Waals surface area contributed by atoms with Crippen LogP contribution in [0.3, 0.4) is 0 Å². The van der Waals surface area contributed by atoms with Crippen molar-refractivity contribution in [3.8, 4) is 5.75 Å². The Hall–Kier alpha value is -1.84. The van der Waals surface area contributed by atoms with Gasteiger partial charge in [0.05, 0.1) is 12.7 Å². The van der Waals surface area contributed by atoms with E-state index in [1.54, 1.807) is 19.1 Å². The fraction of sp³-hybridized carbons (Fsp3) is 0.273. The highest BCUT2D eigenvalue weighted by atomic mass is 16.5. The van der Waals surface area contributed by atoms with Crippen molar-refractivity contribution in [3.05, 3.63) is 23.6 Å². The number of Topliss-reactive ketones (excluding diaryl/α,β-unsaturated/α-hetero) is 1. The average molecular weight is 205 g/mol. The van der Waals surface area contributed by atoms with Gasteiger partial charge in [0.1, 0.15) is 0 Å². The molecule has 0 spiro atoms. The van der Waals surface area contributed by atoms with E-state index in [2.05, 4.69) is 4.98 Å². The summed E-state index contributed by atoms with van der Waals surface area (Å²) in [6.07, 6.45) is 0. The minimum absolute atomic E-state index is 0.0468. The van der Waals surface area contributed by atoms with Crippen LogP contribution >= 0.6 is 0 Å². The molecule has 0 aliphatic heterocycles. The molecule has 0 amide bonds. The summed E-state index contributed by atoms with van der Waals surface area (Å²) in [6, 6.07) is 3.42. The van der Waals surface area contributed by atoms with E-state index in [1.165, 1.54) is 14.0 Å². The second-order valence-electron chi connectivity index (χ2n) is 3.28. The molecular formula is C11H11NO3. The van der Waals surface area contributed by atoms with Gasteiger partial charge in [-0.1, -0.05) is 0 Å². The van der Waals surface area contributed by atoms with Crippen LogP contribution in [0.5, 0.6) is 5.75 Å². The third-order valence-electron chi connectivity index (χ3n) is 2.20. The first-order chi connectivity index (χ1) is 7.13. The van der Waals surface area contributed by atoms with Gasteiger partial charge in [0.25, 0.3) is 0 Å². The number of aryl methyl sites for hydroxylation is 1. The zero-order chi connectivity index (χ0) is 11.0. The third-order valence-corrected chi connectivity index (χ3v) is 2.20. The van der Waals surface area contributed by atoms with Gasteiger partial charge in [0, 0.05) is 6.92 Å². The molecule has 1 aromatic heterocycles. The molecule has 78 valence electrons. The van der Waals surface area contributed by atoms with E-state index in [4.69, 9.17) is 9.15 Å². The smallest absolute Gasteiger partial charge is 0.192 e. The summed E-state index contributed by atoms with van der Waals surface area (Å²) < 4.78 is 10.5. The van der Waals surface area contributed by atoms with Crippen molar-refractivity contribution < 1.29 is 13.9 Å². The number of oxazole rings is 1. The maximum Gasteiger partial charge on any atom is 0.192 e. The molecule has 0 unspecified atom stereocenters. The van der Waals surface area contributed by atoms with Crippen LogP contribution in [0.25, 0.3) is 11.1 Å². The summed E-state index contributed by atoms with van der Waals surface area (Å²) in [6.45, 7) is 3.25. The van der Waals surface area contributed by atoms with Crippen molar-refractivity contribution in [1.82, 2.24) is 4.98 Å². The Morgan fingerprint density at radius 3 is 2.80 bits per heavy atom. The van der Waals surface area contributed by atoms with Gasteiger partial charge in [-0.05, 0) is 19.1 Å². The molecule has 2 rings (SSSR count). The number of benzene rings is 1. The van der Waals surface area contributed by atoms with Crippen LogP contribution in [0, 0.1) is 6.92 Å². The van der Waals surface area contributed by atoms with E-state index in [-0.39, 0.29) is 5.78 Å². The van der Waals surface area contributed by atoms with E-state index in [0.29, 0.717) is 28.3 Å². The minimum Gasteiger partial charge on any atom is -0.494 e. The van der Waals surface area contributed by atoms with Gasteiger partial charge in [0.15, 0.2) is 28.5 Å². The highest BCUT2D eigenvalue weighted by Crippen LogP contribution is 2.29. The van der Waals surface area contributed by atoms with Crippen molar-refractivity contribution in [2.75, 3.05) is 7.11 Å². The van der Waals surface area contributed by atoms with Gasteiger partial charge < -0.3 is 9.15 Å². The van der Waals surface area contributed by atoms with Crippen molar-refractivity contribution >= 4 is 16.9 Å². The first kappa shape index (κ1) is 9.71. The molecule has 0 fully saturated rings. The Bertz CT molecular complexity index is 528. The highest BCUT2D eigenvalue weighted by molar-refractivity contribution is 6.01. The number of carbonyl (C=O) groups excluding carboxylic acids is 1. The van der Waals surface area contributed by atoms with E-state index in [1.807, 2.05) is 0 Å². The molecule has 0 saturated heterocycles. The van der Waals surface area contributed by atoms with Gasteiger partial charge in [-0.3, -0.25) is 4.79 Å². The number of ether oxygens (including phenoxy) is 1. The topological polar surface area (TPSA) is 52.3 Å². The summed E-state index contributed by atoms with van der Waals surface area (Å²) in [5.74, 6) is 0.996. The molecule has 0 bridgehead atoms.